The molecule has 0 spiro atoms. The smallest absolute Gasteiger partial charge is 0.308 e. The lowest BCUT2D eigenvalue weighted by atomic mass is 10.2. The van der Waals surface area contributed by atoms with Crippen molar-refractivity contribution >= 4 is 49.4 Å². The van der Waals surface area contributed by atoms with Crippen molar-refractivity contribution in [3.05, 3.63) is 58.3 Å². The molecule has 0 radical (unpaired) electrons. The molecule has 158 valence electrons. The first-order valence-corrected chi connectivity index (χ1v) is 11.1. The SMILES string of the molecule is CC(OC(=O)CCN=C1NS(=O)(=O)c2ccccc21)C(=O)Nc1ccc(Br)cc1F. The molecular weight excluding hydrogens is 481 g/mol. The van der Waals surface area contributed by atoms with Crippen LogP contribution >= 0.6 is 15.9 Å². The Hall–Kier alpha value is -2.79. The molecule has 0 saturated carbocycles. The van der Waals surface area contributed by atoms with E-state index in [1.54, 1.807) is 24.3 Å². The molecule has 2 aromatic rings. The van der Waals surface area contributed by atoms with E-state index in [9.17, 15) is 22.4 Å². The summed E-state index contributed by atoms with van der Waals surface area (Å²) in [5.41, 5.74) is 0.389. The molecule has 11 heteroatoms. The summed E-state index contributed by atoms with van der Waals surface area (Å²) >= 11 is 3.12. The summed E-state index contributed by atoms with van der Waals surface area (Å²) in [6.07, 6.45) is -1.32. The summed E-state index contributed by atoms with van der Waals surface area (Å²) < 4.78 is 45.7. The molecule has 1 aliphatic heterocycles. The van der Waals surface area contributed by atoms with Crippen molar-refractivity contribution in [1.29, 1.82) is 0 Å². The number of ether oxygens (including phenoxy) is 1. The number of amides is 1. The Morgan fingerprint density at radius 1 is 1.27 bits per heavy atom. The highest BCUT2D eigenvalue weighted by Gasteiger charge is 2.30. The number of benzene rings is 2. The number of aliphatic imine (C=N–C) groups is 1. The standard InChI is InChI=1S/C19H17BrFN3O5S/c1-11(19(26)23-15-7-6-12(20)10-14(15)21)29-17(25)8-9-22-18-13-4-2-3-5-16(13)30(27,28)24-18/h2-7,10-11H,8-9H2,1H3,(H,22,24)(H,23,26). The van der Waals surface area contributed by atoms with E-state index in [0.29, 0.717) is 10.0 Å². The molecular formula is C19H17BrFN3O5S. The van der Waals surface area contributed by atoms with Gasteiger partial charge in [0.15, 0.2) is 6.10 Å². The second kappa shape index (κ2) is 8.92. The molecule has 2 aromatic carbocycles. The van der Waals surface area contributed by atoms with Gasteiger partial charge in [0.25, 0.3) is 15.9 Å². The van der Waals surface area contributed by atoms with Crippen LogP contribution in [0.1, 0.15) is 18.9 Å². The van der Waals surface area contributed by atoms with Gasteiger partial charge >= 0.3 is 5.97 Å². The number of halogens is 2. The Kier molecular flexibility index (Phi) is 6.52. The van der Waals surface area contributed by atoms with Gasteiger partial charge in [-0.3, -0.25) is 19.3 Å². The van der Waals surface area contributed by atoms with Crippen molar-refractivity contribution in [2.75, 3.05) is 11.9 Å². The average molecular weight is 498 g/mol. The number of carbonyl (C=O) groups excluding carboxylic acids is 2. The molecule has 0 fully saturated rings. The maximum Gasteiger partial charge on any atom is 0.308 e. The van der Waals surface area contributed by atoms with Crippen molar-refractivity contribution in [2.24, 2.45) is 4.99 Å². The zero-order chi connectivity index (χ0) is 21.9. The van der Waals surface area contributed by atoms with Crippen LogP contribution in [0.15, 0.2) is 56.8 Å². The van der Waals surface area contributed by atoms with Gasteiger partial charge in [-0.25, -0.2) is 12.8 Å². The number of anilines is 1. The van der Waals surface area contributed by atoms with Crippen molar-refractivity contribution in [3.63, 3.8) is 0 Å². The van der Waals surface area contributed by atoms with E-state index in [1.807, 2.05) is 0 Å². The highest BCUT2D eigenvalue weighted by Crippen LogP contribution is 2.22. The van der Waals surface area contributed by atoms with Gasteiger partial charge in [-0.2, -0.15) is 0 Å². The number of hydrogen-bond acceptors (Lipinski definition) is 6. The van der Waals surface area contributed by atoms with E-state index in [2.05, 4.69) is 31.0 Å². The zero-order valence-corrected chi connectivity index (χ0v) is 18.1. The number of esters is 1. The summed E-state index contributed by atoms with van der Waals surface area (Å²) in [7, 11) is -3.66. The first-order valence-electron chi connectivity index (χ1n) is 8.79. The third kappa shape index (κ3) is 5.03. The minimum absolute atomic E-state index is 0.0373. The molecule has 0 aromatic heterocycles. The van der Waals surface area contributed by atoms with Gasteiger partial charge < -0.3 is 10.1 Å². The van der Waals surface area contributed by atoms with Crippen LogP contribution in [0.4, 0.5) is 10.1 Å². The summed E-state index contributed by atoms with van der Waals surface area (Å²) in [6, 6.07) is 10.5. The van der Waals surface area contributed by atoms with E-state index < -0.39 is 33.8 Å². The number of rotatable bonds is 6. The monoisotopic (exact) mass is 497 g/mol. The van der Waals surface area contributed by atoms with Crippen LogP contribution in [0.2, 0.25) is 0 Å². The van der Waals surface area contributed by atoms with Crippen LogP contribution in [0.3, 0.4) is 0 Å². The van der Waals surface area contributed by atoms with Crippen LogP contribution in [0, 0.1) is 5.82 Å². The van der Waals surface area contributed by atoms with Crippen LogP contribution in [-0.4, -0.2) is 38.8 Å². The van der Waals surface area contributed by atoms with E-state index in [4.69, 9.17) is 4.74 Å². The molecule has 1 atom stereocenters. The number of sulfonamides is 1. The van der Waals surface area contributed by atoms with Crippen molar-refractivity contribution in [1.82, 2.24) is 4.72 Å². The van der Waals surface area contributed by atoms with Crippen molar-refractivity contribution in [2.45, 2.75) is 24.3 Å². The van der Waals surface area contributed by atoms with Gasteiger partial charge in [-0.05, 0) is 37.3 Å². The predicted molar refractivity (Wildman–Crippen MR) is 111 cm³/mol. The summed E-state index contributed by atoms with van der Waals surface area (Å²) in [5, 5.41) is 2.35. The number of amidine groups is 1. The topological polar surface area (TPSA) is 114 Å². The Labute approximate surface area is 180 Å². The quantitative estimate of drug-likeness (QED) is 0.595. The highest BCUT2D eigenvalue weighted by molar-refractivity contribution is 9.10. The lowest BCUT2D eigenvalue weighted by molar-refractivity contribution is -0.152. The number of hydrogen-bond donors (Lipinski definition) is 2. The van der Waals surface area contributed by atoms with Gasteiger partial charge in [0.2, 0.25) is 0 Å². The molecule has 3 rings (SSSR count). The second-order valence-electron chi connectivity index (χ2n) is 6.33. The predicted octanol–water partition coefficient (Wildman–Crippen LogP) is 2.59. The summed E-state index contributed by atoms with van der Waals surface area (Å²) in [4.78, 5) is 28.3. The lowest BCUT2D eigenvalue weighted by Gasteiger charge is -2.13. The molecule has 0 aliphatic carbocycles. The molecule has 1 heterocycles. The summed E-state index contributed by atoms with van der Waals surface area (Å²) in [6.45, 7) is 1.32. The highest BCUT2D eigenvalue weighted by atomic mass is 79.9. The first-order chi connectivity index (χ1) is 14.2. The minimum Gasteiger partial charge on any atom is -0.452 e. The molecule has 2 N–H and O–H groups in total. The summed E-state index contributed by atoms with van der Waals surface area (Å²) in [5.74, 6) is -1.87. The van der Waals surface area contributed by atoms with Crippen LogP contribution in [0.5, 0.6) is 0 Å². The van der Waals surface area contributed by atoms with E-state index in [0.717, 1.165) is 0 Å². The van der Waals surface area contributed by atoms with Crippen LogP contribution < -0.4 is 10.0 Å². The first kappa shape index (κ1) is 21.9. The Balaban J connectivity index is 1.53. The Morgan fingerprint density at radius 2 is 2.00 bits per heavy atom. The molecule has 0 saturated heterocycles. The van der Waals surface area contributed by atoms with Crippen molar-refractivity contribution in [3.8, 4) is 0 Å². The maximum absolute atomic E-state index is 13.8. The van der Waals surface area contributed by atoms with E-state index in [1.165, 1.54) is 25.1 Å². The fourth-order valence-corrected chi connectivity index (χ4v) is 4.23. The lowest BCUT2D eigenvalue weighted by Crippen LogP contribution is -2.30. The fraction of sp³-hybridized carbons (Fsp3) is 0.211. The zero-order valence-electron chi connectivity index (χ0n) is 15.7. The Morgan fingerprint density at radius 3 is 2.73 bits per heavy atom. The van der Waals surface area contributed by atoms with Gasteiger partial charge in [0.05, 0.1) is 23.5 Å². The molecule has 1 amide bonds. The third-order valence-corrected chi connectivity index (χ3v) is 6.01. The molecule has 1 unspecified atom stereocenters. The third-order valence-electron chi connectivity index (χ3n) is 4.12. The van der Waals surface area contributed by atoms with E-state index >= 15 is 0 Å². The van der Waals surface area contributed by atoms with Crippen molar-refractivity contribution < 1.29 is 27.1 Å². The number of carbonyl (C=O) groups is 2. The van der Waals surface area contributed by atoms with Gasteiger partial charge in [0.1, 0.15) is 11.7 Å². The largest absolute Gasteiger partial charge is 0.452 e. The van der Waals surface area contributed by atoms with Gasteiger partial charge in [0, 0.05) is 10.0 Å². The molecule has 8 nitrogen and oxygen atoms in total. The van der Waals surface area contributed by atoms with Crippen LogP contribution in [-0.2, 0) is 24.3 Å². The number of nitrogens with zero attached hydrogens (tertiary/aromatic N) is 1. The van der Waals surface area contributed by atoms with Gasteiger partial charge in [-0.1, -0.05) is 28.1 Å². The fourth-order valence-electron chi connectivity index (χ4n) is 2.65. The average Bonchev–Trinajstić information content (AvgIpc) is 2.94. The minimum atomic E-state index is -3.66. The van der Waals surface area contributed by atoms with Crippen LogP contribution in [0.25, 0.3) is 0 Å². The molecule has 1 aliphatic rings. The normalized spacial score (nSPS) is 16.4. The van der Waals surface area contributed by atoms with Gasteiger partial charge in [-0.15, -0.1) is 0 Å². The molecule has 30 heavy (non-hydrogen) atoms. The second-order valence-corrected chi connectivity index (χ2v) is 8.89. The number of nitrogens with one attached hydrogen (secondary N) is 2. The number of fused-ring (bicyclic) bond motifs is 1. The van der Waals surface area contributed by atoms with E-state index in [-0.39, 0.29) is 29.4 Å². The maximum atomic E-state index is 13.8. The Bertz CT molecular complexity index is 1140. The molecule has 0 bridgehead atoms.